The van der Waals surface area contributed by atoms with E-state index < -0.39 is 17.9 Å². The number of phenolic OH excluding ortho intramolecular Hbond substituents is 1. The summed E-state index contributed by atoms with van der Waals surface area (Å²) in [5, 5.41) is 12.4. The Morgan fingerprint density at radius 2 is 1.91 bits per heavy atom. The second-order valence-corrected chi connectivity index (χ2v) is 5.02. The molecule has 0 aliphatic heterocycles. The number of hydrogen-bond acceptors (Lipinski definition) is 5. The highest BCUT2D eigenvalue weighted by molar-refractivity contribution is 5.99. The Bertz CT molecular complexity index is 701. The molecule has 2 aromatic rings. The van der Waals surface area contributed by atoms with Crippen LogP contribution in [0.4, 0.5) is 5.69 Å². The molecule has 0 spiro atoms. The predicted octanol–water partition coefficient (Wildman–Crippen LogP) is 1.49. The number of nitrogens with one attached hydrogen (secondary N) is 1. The van der Waals surface area contributed by atoms with Crippen LogP contribution in [0.25, 0.3) is 0 Å². The first kappa shape index (κ1) is 16.4. The number of methoxy groups -OCH3 is 1. The molecule has 0 saturated heterocycles. The third kappa shape index (κ3) is 4.23. The molecule has 0 fully saturated rings. The molecule has 4 N–H and O–H groups in total. The molecule has 6 heteroatoms. The smallest absolute Gasteiger partial charge is 0.328 e. The molecular formula is C17H18N2O4. The number of phenols is 1. The summed E-state index contributed by atoms with van der Waals surface area (Å²) in [4.78, 5) is 24.2. The van der Waals surface area contributed by atoms with Crippen molar-refractivity contribution in [2.24, 2.45) is 0 Å². The number of carbonyl (C=O) groups is 2. The van der Waals surface area contributed by atoms with Gasteiger partial charge in [-0.05, 0) is 17.7 Å². The number of aromatic hydroxyl groups is 1. The van der Waals surface area contributed by atoms with E-state index in [9.17, 15) is 14.7 Å². The summed E-state index contributed by atoms with van der Waals surface area (Å²) in [6, 6.07) is 12.6. The van der Waals surface area contributed by atoms with Gasteiger partial charge in [0, 0.05) is 18.2 Å². The number of anilines is 1. The first-order valence-electron chi connectivity index (χ1n) is 7.02. The van der Waals surface area contributed by atoms with Crippen molar-refractivity contribution in [1.82, 2.24) is 5.32 Å². The van der Waals surface area contributed by atoms with Crippen molar-refractivity contribution >= 4 is 17.6 Å². The fourth-order valence-corrected chi connectivity index (χ4v) is 2.16. The van der Waals surface area contributed by atoms with Gasteiger partial charge >= 0.3 is 5.97 Å². The Morgan fingerprint density at radius 3 is 2.52 bits per heavy atom. The SMILES string of the molecule is COC(=O)C(Cc1ccccc1)NC(=O)c1ccc(N)cc1O. The van der Waals surface area contributed by atoms with Gasteiger partial charge in [-0.1, -0.05) is 30.3 Å². The van der Waals surface area contributed by atoms with E-state index in [1.165, 1.54) is 25.3 Å². The molecule has 0 aromatic heterocycles. The van der Waals surface area contributed by atoms with Crippen molar-refractivity contribution in [3.05, 3.63) is 59.7 Å². The molecule has 0 bridgehead atoms. The molecule has 0 aliphatic carbocycles. The maximum atomic E-state index is 12.3. The Hall–Kier alpha value is -3.02. The van der Waals surface area contributed by atoms with Gasteiger partial charge in [0.2, 0.25) is 0 Å². The van der Waals surface area contributed by atoms with E-state index in [0.29, 0.717) is 5.69 Å². The minimum atomic E-state index is -0.855. The third-order valence-corrected chi connectivity index (χ3v) is 3.34. The van der Waals surface area contributed by atoms with Gasteiger partial charge in [0.15, 0.2) is 0 Å². The third-order valence-electron chi connectivity index (χ3n) is 3.34. The standard InChI is InChI=1S/C17H18N2O4/c1-23-17(22)14(9-11-5-3-2-4-6-11)19-16(21)13-8-7-12(18)10-15(13)20/h2-8,10,14,20H,9,18H2,1H3,(H,19,21). The van der Waals surface area contributed by atoms with Crippen molar-refractivity contribution in [2.45, 2.75) is 12.5 Å². The normalized spacial score (nSPS) is 11.5. The van der Waals surface area contributed by atoms with Gasteiger partial charge in [-0.15, -0.1) is 0 Å². The summed E-state index contributed by atoms with van der Waals surface area (Å²) >= 11 is 0. The number of rotatable bonds is 5. The van der Waals surface area contributed by atoms with E-state index in [4.69, 9.17) is 10.5 Å². The maximum absolute atomic E-state index is 12.3. The van der Waals surface area contributed by atoms with Crippen LogP contribution >= 0.6 is 0 Å². The first-order valence-corrected chi connectivity index (χ1v) is 7.02. The molecule has 0 radical (unpaired) electrons. The maximum Gasteiger partial charge on any atom is 0.328 e. The van der Waals surface area contributed by atoms with Crippen LogP contribution in [0.5, 0.6) is 5.75 Å². The van der Waals surface area contributed by atoms with Crippen LogP contribution in [0.3, 0.4) is 0 Å². The molecule has 1 amide bonds. The molecule has 0 saturated carbocycles. The zero-order chi connectivity index (χ0) is 16.8. The van der Waals surface area contributed by atoms with Crippen LogP contribution < -0.4 is 11.1 Å². The summed E-state index contributed by atoms with van der Waals surface area (Å²) in [5.74, 6) is -1.38. The lowest BCUT2D eigenvalue weighted by atomic mass is 10.1. The number of nitrogen functional groups attached to an aromatic ring is 1. The first-order chi connectivity index (χ1) is 11.0. The number of hydrogen-bond donors (Lipinski definition) is 3. The highest BCUT2D eigenvalue weighted by Gasteiger charge is 2.23. The minimum Gasteiger partial charge on any atom is -0.507 e. The quantitative estimate of drug-likeness (QED) is 0.573. The number of amides is 1. The Labute approximate surface area is 133 Å². The van der Waals surface area contributed by atoms with Crippen LogP contribution in [0, 0.1) is 0 Å². The summed E-state index contributed by atoms with van der Waals surface area (Å²) in [5.41, 5.74) is 6.80. The number of ether oxygens (including phenoxy) is 1. The fraction of sp³-hybridized carbons (Fsp3) is 0.176. The molecule has 2 rings (SSSR count). The number of nitrogens with two attached hydrogens (primary N) is 1. The summed E-state index contributed by atoms with van der Waals surface area (Å²) in [7, 11) is 1.26. The zero-order valence-electron chi connectivity index (χ0n) is 12.7. The van der Waals surface area contributed by atoms with Gasteiger partial charge in [0.1, 0.15) is 11.8 Å². The van der Waals surface area contributed by atoms with Crippen molar-refractivity contribution in [3.63, 3.8) is 0 Å². The highest BCUT2D eigenvalue weighted by Crippen LogP contribution is 2.20. The van der Waals surface area contributed by atoms with Crippen LogP contribution in [0.1, 0.15) is 15.9 Å². The van der Waals surface area contributed by atoms with Gasteiger partial charge in [-0.25, -0.2) is 4.79 Å². The average molecular weight is 314 g/mol. The van der Waals surface area contributed by atoms with E-state index >= 15 is 0 Å². The molecule has 120 valence electrons. The number of esters is 1. The lowest BCUT2D eigenvalue weighted by Gasteiger charge is -2.17. The average Bonchev–Trinajstić information content (AvgIpc) is 2.54. The van der Waals surface area contributed by atoms with Gasteiger partial charge in [-0.3, -0.25) is 4.79 Å². The molecule has 0 aliphatic rings. The van der Waals surface area contributed by atoms with Crippen molar-refractivity contribution in [1.29, 1.82) is 0 Å². The van der Waals surface area contributed by atoms with Gasteiger partial charge in [0.05, 0.1) is 12.7 Å². The van der Waals surface area contributed by atoms with Gasteiger partial charge < -0.3 is 20.9 Å². The van der Waals surface area contributed by atoms with Crippen LogP contribution in [0.15, 0.2) is 48.5 Å². The minimum absolute atomic E-state index is 0.0427. The fourth-order valence-electron chi connectivity index (χ4n) is 2.16. The van der Waals surface area contributed by atoms with Gasteiger partial charge in [0.25, 0.3) is 5.91 Å². The molecule has 6 nitrogen and oxygen atoms in total. The van der Waals surface area contributed by atoms with E-state index in [1.54, 1.807) is 0 Å². The summed E-state index contributed by atoms with van der Waals surface area (Å²) in [6.07, 6.45) is 0.287. The van der Waals surface area contributed by atoms with Gasteiger partial charge in [-0.2, -0.15) is 0 Å². The molecule has 1 unspecified atom stereocenters. The Morgan fingerprint density at radius 1 is 1.22 bits per heavy atom. The van der Waals surface area contributed by atoms with Crippen molar-refractivity contribution in [2.75, 3.05) is 12.8 Å². The number of benzene rings is 2. The van der Waals surface area contributed by atoms with Crippen LogP contribution in [-0.2, 0) is 16.0 Å². The van der Waals surface area contributed by atoms with E-state index in [-0.39, 0.29) is 17.7 Å². The lowest BCUT2D eigenvalue weighted by Crippen LogP contribution is -2.43. The highest BCUT2D eigenvalue weighted by atomic mass is 16.5. The molecule has 0 heterocycles. The second-order valence-electron chi connectivity index (χ2n) is 5.02. The molecular weight excluding hydrogens is 296 g/mol. The Kier molecular flexibility index (Phi) is 5.19. The largest absolute Gasteiger partial charge is 0.507 e. The molecule has 2 aromatic carbocycles. The topological polar surface area (TPSA) is 102 Å². The van der Waals surface area contributed by atoms with Crippen molar-refractivity contribution < 1.29 is 19.4 Å². The zero-order valence-corrected chi connectivity index (χ0v) is 12.7. The summed E-state index contributed by atoms with van der Waals surface area (Å²) < 4.78 is 4.73. The Balaban J connectivity index is 2.17. The van der Waals surface area contributed by atoms with Crippen LogP contribution in [-0.4, -0.2) is 30.1 Å². The molecule has 23 heavy (non-hydrogen) atoms. The van der Waals surface area contributed by atoms with E-state index in [1.807, 2.05) is 30.3 Å². The van der Waals surface area contributed by atoms with E-state index in [0.717, 1.165) is 5.56 Å². The predicted molar refractivity (Wildman–Crippen MR) is 85.9 cm³/mol. The van der Waals surface area contributed by atoms with Crippen LogP contribution in [0.2, 0.25) is 0 Å². The van der Waals surface area contributed by atoms with Crippen molar-refractivity contribution in [3.8, 4) is 5.75 Å². The molecule has 1 atom stereocenters. The second kappa shape index (κ2) is 7.31. The summed E-state index contributed by atoms with van der Waals surface area (Å²) in [6.45, 7) is 0. The lowest BCUT2D eigenvalue weighted by molar-refractivity contribution is -0.142. The number of carbonyl (C=O) groups excluding carboxylic acids is 2. The van der Waals surface area contributed by atoms with E-state index in [2.05, 4.69) is 5.32 Å². The monoisotopic (exact) mass is 314 g/mol.